The number of furan rings is 1. The Labute approximate surface area is 142 Å². The minimum Gasteiger partial charge on any atom is -0.442 e. The molecule has 128 valence electrons. The first-order valence-electron chi connectivity index (χ1n) is 7.93. The van der Waals surface area contributed by atoms with Gasteiger partial charge in [0.1, 0.15) is 11.1 Å². The molecule has 1 amide bonds. The number of fused-ring (bicyclic) bond motifs is 1. The minimum absolute atomic E-state index is 0.181. The number of aromatic nitrogens is 4. The lowest BCUT2D eigenvalue weighted by Crippen LogP contribution is -2.49. The molecule has 3 aromatic rings. The number of amides is 1. The van der Waals surface area contributed by atoms with Crippen LogP contribution in [0, 0.1) is 6.92 Å². The molecule has 9 heteroatoms. The Kier molecular flexibility index (Phi) is 3.68. The van der Waals surface area contributed by atoms with Crippen molar-refractivity contribution in [3.63, 3.8) is 0 Å². The molecule has 1 aliphatic rings. The molecule has 1 N–H and O–H groups in total. The van der Waals surface area contributed by atoms with Crippen LogP contribution in [0.5, 0.6) is 0 Å². The van der Waals surface area contributed by atoms with E-state index in [4.69, 9.17) is 4.42 Å². The number of carbonyl (C=O) groups excluding carboxylic acids is 1. The fraction of sp³-hybridized carbons (Fsp3) is 0.312. The van der Waals surface area contributed by atoms with E-state index in [1.54, 1.807) is 30.3 Å². The van der Waals surface area contributed by atoms with Gasteiger partial charge in [-0.1, -0.05) is 0 Å². The number of anilines is 1. The zero-order chi connectivity index (χ0) is 17.4. The molecule has 4 rings (SSSR count). The molecular formula is C16H16N6O3. The Morgan fingerprint density at radius 3 is 2.60 bits per heavy atom. The van der Waals surface area contributed by atoms with Crippen molar-refractivity contribution in [2.75, 3.05) is 31.1 Å². The van der Waals surface area contributed by atoms with E-state index >= 15 is 0 Å². The van der Waals surface area contributed by atoms with Gasteiger partial charge in [-0.15, -0.1) is 0 Å². The fourth-order valence-electron chi connectivity index (χ4n) is 3.03. The maximum absolute atomic E-state index is 12.9. The average molecular weight is 340 g/mol. The first kappa shape index (κ1) is 15.3. The molecule has 3 aromatic heterocycles. The molecule has 0 bridgehead atoms. The summed E-state index contributed by atoms with van der Waals surface area (Å²) >= 11 is 0. The van der Waals surface area contributed by atoms with E-state index in [2.05, 4.69) is 19.9 Å². The predicted octanol–water partition coefficient (Wildman–Crippen LogP) is 0.577. The van der Waals surface area contributed by atoms with Gasteiger partial charge in [0, 0.05) is 38.6 Å². The molecule has 0 radical (unpaired) electrons. The summed E-state index contributed by atoms with van der Waals surface area (Å²) < 4.78 is 5.47. The summed E-state index contributed by atoms with van der Waals surface area (Å²) in [5.41, 5.74) is 0.0937. The number of nitrogens with zero attached hydrogens (tertiary/aromatic N) is 5. The summed E-state index contributed by atoms with van der Waals surface area (Å²) in [7, 11) is 0. The van der Waals surface area contributed by atoms with Crippen molar-refractivity contribution in [3.8, 4) is 0 Å². The van der Waals surface area contributed by atoms with Crippen LogP contribution in [-0.2, 0) is 0 Å². The van der Waals surface area contributed by atoms with Gasteiger partial charge >= 0.3 is 0 Å². The van der Waals surface area contributed by atoms with Gasteiger partial charge in [-0.25, -0.2) is 15.0 Å². The normalized spacial score (nSPS) is 14.9. The van der Waals surface area contributed by atoms with Gasteiger partial charge < -0.3 is 19.2 Å². The highest BCUT2D eigenvalue weighted by Crippen LogP contribution is 2.23. The topological polar surface area (TPSA) is 108 Å². The number of rotatable bonds is 2. The van der Waals surface area contributed by atoms with Gasteiger partial charge in [-0.2, -0.15) is 0 Å². The van der Waals surface area contributed by atoms with Gasteiger partial charge in [-0.05, 0) is 13.0 Å². The van der Waals surface area contributed by atoms with Crippen molar-refractivity contribution in [1.82, 2.24) is 24.8 Å². The Balaban J connectivity index is 1.57. The van der Waals surface area contributed by atoms with E-state index in [1.165, 1.54) is 6.33 Å². The molecule has 0 aromatic carbocycles. The van der Waals surface area contributed by atoms with Crippen LogP contribution in [0.25, 0.3) is 11.1 Å². The molecule has 0 spiro atoms. The summed E-state index contributed by atoms with van der Waals surface area (Å²) in [5.74, 6) is 0.835. The molecule has 1 aliphatic heterocycles. The quantitative estimate of drug-likeness (QED) is 0.727. The Morgan fingerprint density at radius 1 is 1.16 bits per heavy atom. The lowest BCUT2D eigenvalue weighted by molar-refractivity contribution is 0.0746. The van der Waals surface area contributed by atoms with Crippen molar-refractivity contribution >= 4 is 23.0 Å². The minimum atomic E-state index is -0.374. The number of carbonyl (C=O) groups is 1. The van der Waals surface area contributed by atoms with Gasteiger partial charge in [0.2, 0.25) is 11.7 Å². The summed E-state index contributed by atoms with van der Waals surface area (Å²) in [6.45, 7) is 3.95. The van der Waals surface area contributed by atoms with Crippen molar-refractivity contribution in [2.45, 2.75) is 6.92 Å². The van der Waals surface area contributed by atoms with E-state index in [0.717, 1.165) is 0 Å². The number of hydrogen-bond acceptors (Lipinski definition) is 7. The van der Waals surface area contributed by atoms with Gasteiger partial charge in [0.15, 0.2) is 0 Å². The maximum atomic E-state index is 12.9. The van der Waals surface area contributed by atoms with Crippen molar-refractivity contribution < 1.29 is 9.21 Å². The monoisotopic (exact) mass is 340 g/mol. The fourth-order valence-corrected chi connectivity index (χ4v) is 3.03. The molecule has 4 heterocycles. The van der Waals surface area contributed by atoms with Crippen LogP contribution in [0.15, 0.2) is 34.0 Å². The van der Waals surface area contributed by atoms with E-state index in [9.17, 15) is 9.59 Å². The van der Waals surface area contributed by atoms with Crippen LogP contribution in [0.2, 0.25) is 0 Å². The number of aryl methyl sites for hydroxylation is 1. The third kappa shape index (κ3) is 2.63. The second kappa shape index (κ2) is 6.00. The first-order chi connectivity index (χ1) is 12.1. The van der Waals surface area contributed by atoms with Crippen molar-refractivity contribution in [1.29, 1.82) is 0 Å². The van der Waals surface area contributed by atoms with Gasteiger partial charge in [0.05, 0.1) is 11.9 Å². The molecule has 25 heavy (non-hydrogen) atoms. The number of hydrogen-bond donors (Lipinski definition) is 1. The molecular weight excluding hydrogens is 324 g/mol. The Bertz CT molecular complexity index is 972. The molecule has 1 saturated heterocycles. The smallest absolute Gasteiger partial charge is 0.262 e. The lowest BCUT2D eigenvalue weighted by Gasteiger charge is -2.34. The maximum Gasteiger partial charge on any atom is 0.262 e. The molecule has 1 fully saturated rings. The highest BCUT2D eigenvalue weighted by Gasteiger charge is 2.28. The second-order valence-corrected chi connectivity index (χ2v) is 5.77. The predicted molar refractivity (Wildman–Crippen MR) is 89.5 cm³/mol. The third-order valence-corrected chi connectivity index (χ3v) is 4.29. The zero-order valence-corrected chi connectivity index (χ0v) is 13.6. The Hall–Kier alpha value is -3.23. The number of aromatic amines is 1. The molecule has 0 unspecified atom stereocenters. The summed E-state index contributed by atoms with van der Waals surface area (Å²) in [4.78, 5) is 43.7. The largest absolute Gasteiger partial charge is 0.442 e. The number of nitrogens with one attached hydrogen (secondary N) is 1. The third-order valence-electron chi connectivity index (χ3n) is 4.29. The number of piperazine rings is 1. The Morgan fingerprint density at radius 2 is 1.88 bits per heavy atom. The lowest BCUT2D eigenvalue weighted by atomic mass is 10.1. The average Bonchev–Trinajstić information content (AvgIpc) is 2.99. The van der Waals surface area contributed by atoms with E-state index in [1.807, 2.05) is 4.90 Å². The summed E-state index contributed by atoms with van der Waals surface area (Å²) in [6, 6.07) is 1.77. The van der Waals surface area contributed by atoms with E-state index in [0.29, 0.717) is 37.9 Å². The SMILES string of the molecule is Cc1oc2nc[nH]c(=O)c2c1C(=O)N1CCN(c2ncccn2)CC1. The standard InChI is InChI=1S/C16H16N6O3/c1-10-11(12-13(23)19-9-20-14(12)25-10)15(24)21-5-7-22(8-6-21)16-17-3-2-4-18-16/h2-4,9H,5-8H2,1H3,(H,19,20,23). The van der Waals surface area contributed by atoms with E-state index in [-0.39, 0.29) is 28.1 Å². The molecule has 0 saturated carbocycles. The highest BCUT2D eigenvalue weighted by atomic mass is 16.3. The van der Waals surface area contributed by atoms with Crippen molar-refractivity contribution in [3.05, 3.63) is 46.5 Å². The van der Waals surface area contributed by atoms with Gasteiger partial charge in [-0.3, -0.25) is 9.59 Å². The number of H-pyrrole nitrogens is 1. The van der Waals surface area contributed by atoms with Crippen LogP contribution >= 0.6 is 0 Å². The van der Waals surface area contributed by atoms with Crippen molar-refractivity contribution in [2.24, 2.45) is 0 Å². The van der Waals surface area contributed by atoms with Crippen LogP contribution in [0.4, 0.5) is 5.95 Å². The summed E-state index contributed by atoms with van der Waals surface area (Å²) in [5, 5.41) is 0.207. The van der Waals surface area contributed by atoms with Gasteiger partial charge in [0.25, 0.3) is 11.5 Å². The first-order valence-corrected chi connectivity index (χ1v) is 7.93. The van der Waals surface area contributed by atoms with Crippen LogP contribution in [-0.4, -0.2) is 56.9 Å². The second-order valence-electron chi connectivity index (χ2n) is 5.77. The molecule has 0 atom stereocenters. The zero-order valence-electron chi connectivity index (χ0n) is 13.6. The molecule has 0 aliphatic carbocycles. The van der Waals surface area contributed by atoms with Crippen LogP contribution < -0.4 is 10.5 Å². The van der Waals surface area contributed by atoms with Crippen LogP contribution in [0.1, 0.15) is 16.1 Å². The van der Waals surface area contributed by atoms with Crippen LogP contribution in [0.3, 0.4) is 0 Å². The van der Waals surface area contributed by atoms with E-state index < -0.39 is 0 Å². The summed E-state index contributed by atoms with van der Waals surface area (Å²) in [6.07, 6.45) is 4.65. The molecule has 9 nitrogen and oxygen atoms in total. The highest BCUT2D eigenvalue weighted by molar-refractivity contribution is 6.06.